The van der Waals surface area contributed by atoms with Gasteiger partial charge in [0.25, 0.3) is 0 Å². The number of aromatic nitrogens is 2. The molecule has 1 aromatic heterocycles. The minimum Gasteiger partial charge on any atom is -0.339 e. The Morgan fingerprint density at radius 1 is 1.47 bits per heavy atom. The fourth-order valence-corrected chi connectivity index (χ4v) is 2.49. The van der Waals surface area contributed by atoms with Crippen LogP contribution in [0.15, 0.2) is 0 Å². The van der Waals surface area contributed by atoms with Gasteiger partial charge in [0.15, 0.2) is 0 Å². The highest BCUT2D eigenvalue weighted by molar-refractivity contribution is 5.78. The van der Waals surface area contributed by atoms with E-state index in [-0.39, 0.29) is 5.91 Å². The van der Waals surface area contributed by atoms with Gasteiger partial charge in [0.2, 0.25) is 5.91 Å². The van der Waals surface area contributed by atoms with E-state index in [0.29, 0.717) is 19.1 Å². The third kappa shape index (κ3) is 3.15. The molecule has 0 aromatic carbocycles. The van der Waals surface area contributed by atoms with E-state index in [4.69, 9.17) is 0 Å². The van der Waals surface area contributed by atoms with Gasteiger partial charge in [0.05, 0.1) is 12.2 Å². The Hall–Kier alpha value is -1.36. The van der Waals surface area contributed by atoms with Crippen molar-refractivity contribution in [2.24, 2.45) is 7.05 Å². The number of amides is 1. The van der Waals surface area contributed by atoms with Crippen LogP contribution in [0.2, 0.25) is 0 Å². The molecule has 19 heavy (non-hydrogen) atoms. The summed E-state index contributed by atoms with van der Waals surface area (Å²) in [6, 6.07) is 0.501. The molecule has 0 aliphatic heterocycles. The molecule has 0 unspecified atom stereocenters. The molecule has 1 aliphatic carbocycles. The molecule has 2 rings (SSSR count). The molecule has 0 bridgehead atoms. The fourth-order valence-electron chi connectivity index (χ4n) is 2.49. The van der Waals surface area contributed by atoms with E-state index in [0.717, 1.165) is 17.9 Å². The van der Waals surface area contributed by atoms with Gasteiger partial charge in [-0.3, -0.25) is 9.48 Å². The maximum absolute atomic E-state index is 12.1. The second kappa shape index (κ2) is 5.74. The van der Waals surface area contributed by atoms with Crippen molar-refractivity contribution >= 4 is 5.91 Å². The van der Waals surface area contributed by atoms with E-state index >= 15 is 0 Å². The summed E-state index contributed by atoms with van der Waals surface area (Å²) in [5.41, 5.74) is 3.39. The Bertz CT molecular complexity index is 462. The molecule has 1 amide bonds. The zero-order chi connectivity index (χ0) is 14.0. The summed E-state index contributed by atoms with van der Waals surface area (Å²) in [6.45, 7) is 8.05. The Kier molecular flexibility index (Phi) is 4.24. The van der Waals surface area contributed by atoms with Gasteiger partial charge in [-0.25, -0.2) is 0 Å². The van der Waals surface area contributed by atoms with Crippen LogP contribution in [0.4, 0.5) is 0 Å². The molecular weight excluding hydrogens is 240 g/mol. The van der Waals surface area contributed by atoms with E-state index in [1.807, 2.05) is 30.5 Å². The molecule has 1 aliphatic rings. The van der Waals surface area contributed by atoms with Crippen molar-refractivity contribution < 1.29 is 4.79 Å². The largest absolute Gasteiger partial charge is 0.339 e. The molecule has 1 N–H and O–H groups in total. The second-order valence-electron chi connectivity index (χ2n) is 5.29. The predicted molar refractivity (Wildman–Crippen MR) is 74.8 cm³/mol. The van der Waals surface area contributed by atoms with Crippen LogP contribution in [0, 0.1) is 13.8 Å². The topological polar surface area (TPSA) is 50.2 Å². The maximum atomic E-state index is 12.1. The summed E-state index contributed by atoms with van der Waals surface area (Å²) in [5.74, 6) is 0.212. The van der Waals surface area contributed by atoms with Crippen molar-refractivity contribution in [1.29, 1.82) is 0 Å². The summed E-state index contributed by atoms with van der Waals surface area (Å²) in [5, 5.41) is 7.63. The highest BCUT2D eigenvalue weighted by atomic mass is 16.2. The molecule has 1 fully saturated rings. The third-order valence-electron chi connectivity index (χ3n) is 3.89. The van der Waals surface area contributed by atoms with Crippen LogP contribution in [-0.4, -0.2) is 39.7 Å². The van der Waals surface area contributed by atoms with Gasteiger partial charge < -0.3 is 10.2 Å². The van der Waals surface area contributed by atoms with Crippen LogP contribution >= 0.6 is 0 Å². The van der Waals surface area contributed by atoms with E-state index in [2.05, 4.69) is 17.3 Å². The number of aryl methyl sites for hydroxylation is 2. The molecular formula is C14H24N4O. The fraction of sp³-hybridized carbons (Fsp3) is 0.714. The molecule has 0 saturated heterocycles. The predicted octanol–water partition coefficient (Wildman–Crippen LogP) is 1.14. The van der Waals surface area contributed by atoms with Crippen LogP contribution < -0.4 is 5.32 Å². The third-order valence-corrected chi connectivity index (χ3v) is 3.89. The number of hydrogen-bond donors (Lipinski definition) is 1. The smallest absolute Gasteiger partial charge is 0.236 e. The summed E-state index contributed by atoms with van der Waals surface area (Å²) in [6.07, 6.45) is 2.33. The van der Waals surface area contributed by atoms with Gasteiger partial charge in [-0.1, -0.05) is 0 Å². The van der Waals surface area contributed by atoms with E-state index in [1.54, 1.807) is 0 Å². The molecule has 1 saturated carbocycles. The highest BCUT2D eigenvalue weighted by Crippen LogP contribution is 2.26. The normalized spacial score (nSPS) is 14.7. The van der Waals surface area contributed by atoms with Gasteiger partial charge in [0, 0.05) is 37.4 Å². The van der Waals surface area contributed by atoms with Crippen molar-refractivity contribution in [2.45, 2.75) is 46.2 Å². The first-order chi connectivity index (χ1) is 9.04. The Morgan fingerprint density at radius 2 is 2.16 bits per heavy atom. The van der Waals surface area contributed by atoms with Gasteiger partial charge in [-0.05, 0) is 33.6 Å². The van der Waals surface area contributed by atoms with Crippen LogP contribution in [0.3, 0.4) is 0 Å². The molecule has 5 nitrogen and oxygen atoms in total. The Labute approximate surface area is 115 Å². The van der Waals surface area contributed by atoms with Crippen molar-refractivity contribution in [1.82, 2.24) is 20.0 Å². The van der Waals surface area contributed by atoms with E-state index in [1.165, 1.54) is 18.4 Å². The van der Waals surface area contributed by atoms with Crippen molar-refractivity contribution in [3.8, 4) is 0 Å². The lowest BCUT2D eigenvalue weighted by Crippen LogP contribution is -2.39. The summed E-state index contributed by atoms with van der Waals surface area (Å²) in [7, 11) is 1.95. The average Bonchev–Trinajstić information content (AvgIpc) is 3.15. The van der Waals surface area contributed by atoms with E-state index in [9.17, 15) is 4.79 Å². The summed E-state index contributed by atoms with van der Waals surface area (Å²) < 4.78 is 1.89. The first-order valence-electron chi connectivity index (χ1n) is 7.03. The molecule has 1 heterocycles. The average molecular weight is 264 g/mol. The SMILES string of the molecule is CCN(C(=O)CNCc1c(C)nn(C)c1C)C1CC1. The lowest BCUT2D eigenvalue weighted by molar-refractivity contribution is -0.130. The quantitative estimate of drug-likeness (QED) is 0.838. The molecule has 1 aromatic rings. The lowest BCUT2D eigenvalue weighted by Gasteiger charge is -2.20. The van der Waals surface area contributed by atoms with Gasteiger partial charge in [0.1, 0.15) is 0 Å². The van der Waals surface area contributed by atoms with Gasteiger partial charge in [-0.15, -0.1) is 0 Å². The number of nitrogens with zero attached hydrogens (tertiary/aromatic N) is 3. The maximum Gasteiger partial charge on any atom is 0.236 e. The molecule has 0 radical (unpaired) electrons. The number of likely N-dealkylation sites (N-methyl/N-ethyl adjacent to an activating group) is 1. The molecule has 5 heteroatoms. The van der Waals surface area contributed by atoms with Crippen molar-refractivity contribution in [2.75, 3.05) is 13.1 Å². The zero-order valence-electron chi connectivity index (χ0n) is 12.4. The number of nitrogens with one attached hydrogen (secondary N) is 1. The summed E-state index contributed by atoms with van der Waals surface area (Å²) >= 11 is 0. The zero-order valence-corrected chi connectivity index (χ0v) is 12.4. The highest BCUT2D eigenvalue weighted by Gasteiger charge is 2.30. The Balaban J connectivity index is 1.84. The first-order valence-corrected chi connectivity index (χ1v) is 7.03. The number of carbonyl (C=O) groups is 1. The number of rotatable bonds is 6. The van der Waals surface area contributed by atoms with Crippen LogP contribution in [0.25, 0.3) is 0 Å². The monoisotopic (exact) mass is 264 g/mol. The minimum absolute atomic E-state index is 0.212. The summed E-state index contributed by atoms with van der Waals surface area (Å²) in [4.78, 5) is 14.0. The number of hydrogen-bond acceptors (Lipinski definition) is 3. The lowest BCUT2D eigenvalue weighted by atomic mass is 10.2. The van der Waals surface area contributed by atoms with Gasteiger partial charge in [-0.2, -0.15) is 5.10 Å². The van der Waals surface area contributed by atoms with Crippen molar-refractivity contribution in [3.63, 3.8) is 0 Å². The standard InChI is InChI=1S/C14H24N4O/c1-5-18(12-6-7-12)14(19)9-15-8-13-10(2)16-17(4)11(13)3/h12,15H,5-9H2,1-4H3. The van der Waals surface area contributed by atoms with Crippen LogP contribution in [0.1, 0.15) is 36.7 Å². The molecule has 0 spiro atoms. The Morgan fingerprint density at radius 3 is 2.63 bits per heavy atom. The van der Waals surface area contributed by atoms with E-state index < -0.39 is 0 Å². The number of carbonyl (C=O) groups excluding carboxylic acids is 1. The molecule has 0 atom stereocenters. The van der Waals surface area contributed by atoms with Crippen LogP contribution in [-0.2, 0) is 18.4 Å². The van der Waals surface area contributed by atoms with Crippen molar-refractivity contribution in [3.05, 3.63) is 17.0 Å². The minimum atomic E-state index is 0.212. The first kappa shape index (κ1) is 14.1. The van der Waals surface area contributed by atoms with Gasteiger partial charge >= 0.3 is 0 Å². The molecule has 106 valence electrons. The second-order valence-corrected chi connectivity index (χ2v) is 5.29. The van der Waals surface area contributed by atoms with Crippen LogP contribution in [0.5, 0.6) is 0 Å².